The summed E-state index contributed by atoms with van der Waals surface area (Å²) in [7, 11) is 0. The minimum Gasteiger partial charge on any atom is -0.481 e. The highest BCUT2D eigenvalue weighted by Crippen LogP contribution is 2.22. The molecule has 3 amide bonds. The van der Waals surface area contributed by atoms with Crippen molar-refractivity contribution < 1.29 is 38.6 Å². The number of ether oxygens (including phenoxy) is 2. The van der Waals surface area contributed by atoms with Crippen LogP contribution in [0.4, 0.5) is 4.79 Å². The third kappa shape index (κ3) is 8.79. The molecule has 2 heterocycles. The van der Waals surface area contributed by atoms with Crippen molar-refractivity contribution in [3.63, 3.8) is 0 Å². The van der Waals surface area contributed by atoms with Crippen LogP contribution < -0.4 is 10.1 Å². The van der Waals surface area contributed by atoms with Gasteiger partial charge in [-0.2, -0.15) is 5.10 Å². The second-order valence-electron chi connectivity index (χ2n) is 10.9. The number of carbonyl (C=O) groups excluding carboxylic acids is 4. The molecule has 1 atom stereocenters. The predicted octanol–water partition coefficient (Wildman–Crippen LogP) is 2.52. The first-order valence-corrected chi connectivity index (χ1v) is 14.0. The van der Waals surface area contributed by atoms with Gasteiger partial charge in [-0.3, -0.25) is 19.2 Å². The van der Waals surface area contributed by atoms with Crippen LogP contribution in [0.3, 0.4) is 0 Å². The molecule has 2 aromatic rings. The van der Waals surface area contributed by atoms with E-state index in [4.69, 9.17) is 9.47 Å². The van der Waals surface area contributed by atoms with E-state index in [0.717, 1.165) is 0 Å². The lowest BCUT2D eigenvalue weighted by Crippen LogP contribution is -2.50. The summed E-state index contributed by atoms with van der Waals surface area (Å²) in [4.78, 5) is 65.9. The first-order chi connectivity index (χ1) is 19.9. The molecule has 42 heavy (non-hydrogen) atoms. The van der Waals surface area contributed by atoms with Gasteiger partial charge in [0.1, 0.15) is 12.6 Å². The van der Waals surface area contributed by atoms with Crippen molar-refractivity contribution in [2.75, 3.05) is 39.4 Å². The molecule has 0 spiro atoms. The van der Waals surface area contributed by atoms with E-state index in [0.29, 0.717) is 25.2 Å². The smallest absolute Gasteiger partial charge is 0.409 e. The number of benzene rings is 1. The Morgan fingerprint density at radius 2 is 1.69 bits per heavy atom. The van der Waals surface area contributed by atoms with Crippen molar-refractivity contribution in [3.05, 3.63) is 42.1 Å². The zero-order chi connectivity index (χ0) is 30.9. The van der Waals surface area contributed by atoms with E-state index in [1.165, 1.54) is 20.5 Å². The van der Waals surface area contributed by atoms with E-state index in [-0.39, 0.29) is 56.5 Å². The van der Waals surface area contributed by atoms with Gasteiger partial charge in [0, 0.05) is 44.1 Å². The SMILES string of the molecule is CCOC(=O)N1CCCN(C(=O)[C@H](CCC(=O)O)NC(=O)c2cc(OCC(=O)C(C)(C)C)n(-c3ccccc3)n2)CC1. The minimum absolute atomic E-state index is 0.0745. The van der Waals surface area contributed by atoms with Gasteiger partial charge >= 0.3 is 12.1 Å². The number of rotatable bonds is 11. The molecule has 1 saturated heterocycles. The molecular formula is C29H39N5O8. The molecule has 0 radical (unpaired) electrons. The number of Topliss-reactive ketones (excluding diaryl/α,β-unsaturated/α-hetero) is 1. The van der Waals surface area contributed by atoms with Gasteiger partial charge in [-0.05, 0) is 31.9 Å². The van der Waals surface area contributed by atoms with Crippen LogP contribution >= 0.6 is 0 Å². The fourth-order valence-corrected chi connectivity index (χ4v) is 4.20. The lowest BCUT2D eigenvalue weighted by Gasteiger charge is -2.26. The standard InChI is InChI=1S/C29H39N5O8/c1-5-41-28(40)33-15-9-14-32(16-17-33)27(39)21(12-13-25(36)37)30-26(38)22-18-24(42-19-23(35)29(2,3)4)34(31-22)20-10-7-6-8-11-20/h6-8,10-11,18,21H,5,9,12-17,19H2,1-4H3,(H,30,38)(H,36,37)/t21-/m0/s1. The normalized spacial score (nSPS) is 14.5. The number of para-hydroxylation sites is 1. The van der Waals surface area contributed by atoms with Gasteiger partial charge in [0.2, 0.25) is 11.8 Å². The number of aliphatic carboxylic acids is 1. The van der Waals surface area contributed by atoms with Gasteiger partial charge in [-0.25, -0.2) is 9.48 Å². The number of nitrogens with one attached hydrogen (secondary N) is 1. The summed E-state index contributed by atoms with van der Waals surface area (Å²) in [5.41, 5.74) is -0.116. The third-order valence-electron chi connectivity index (χ3n) is 6.68. The van der Waals surface area contributed by atoms with Crippen LogP contribution in [0.1, 0.15) is 57.4 Å². The molecule has 2 N–H and O–H groups in total. The number of carboxylic acids is 1. The molecular weight excluding hydrogens is 546 g/mol. The van der Waals surface area contributed by atoms with E-state index in [1.807, 2.05) is 6.07 Å². The summed E-state index contributed by atoms with van der Waals surface area (Å²) in [5.74, 6) is -2.26. The Kier molecular flexibility index (Phi) is 11.1. The number of nitrogens with zero attached hydrogens (tertiary/aromatic N) is 4. The number of hydrogen-bond donors (Lipinski definition) is 2. The van der Waals surface area contributed by atoms with Gasteiger partial charge in [-0.1, -0.05) is 39.0 Å². The highest BCUT2D eigenvalue weighted by Gasteiger charge is 2.31. The predicted molar refractivity (Wildman–Crippen MR) is 151 cm³/mol. The van der Waals surface area contributed by atoms with Crippen molar-refractivity contribution in [1.82, 2.24) is 24.9 Å². The molecule has 0 bridgehead atoms. The molecule has 1 fully saturated rings. The van der Waals surface area contributed by atoms with Gasteiger partial charge in [0.25, 0.3) is 5.91 Å². The molecule has 1 aliphatic rings. The lowest BCUT2D eigenvalue weighted by atomic mass is 9.91. The second kappa shape index (κ2) is 14.5. The molecule has 1 aromatic carbocycles. The Bertz CT molecular complexity index is 1270. The highest BCUT2D eigenvalue weighted by molar-refractivity contribution is 5.96. The van der Waals surface area contributed by atoms with Crippen molar-refractivity contribution in [2.24, 2.45) is 5.41 Å². The van der Waals surface area contributed by atoms with E-state index < -0.39 is 35.3 Å². The van der Waals surface area contributed by atoms with Crippen molar-refractivity contribution in [1.29, 1.82) is 0 Å². The van der Waals surface area contributed by atoms with Crippen LogP contribution in [-0.4, -0.2) is 99.8 Å². The van der Waals surface area contributed by atoms with E-state index >= 15 is 0 Å². The largest absolute Gasteiger partial charge is 0.481 e. The lowest BCUT2D eigenvalue weighted by molar-refractivity contribution is -0.138. The van der Waals surface area contributed by atoms with Gasteiger partial charge in [0.05, 0.1) is 12.3 Å². The van der Waals surface area contributed by atoms with Gasteiger partial charge < -0.3 is 29.7 Å². The van der Waals surface area contributed by atoms with Crippen molar-refractivity contribution >= 4 is 29.7 Å². The maximum absolute atomic E-state index is 13.5. The molecule has 0 unspecified atom stereocenters. The van der Waals surface area contributed by atoms with Gasteiger partial charge in [-0.15, -0.1) is 0 Å². The zero-order valence-electron chi connectivity index (χ0n) is 24.5. The molecule has 13 nitrogen and oxygen atoms in total. The second-order valence-corrected chi connectivity index (χ2v) is 10.9. The molecule has 228 valence electrons. The highest BCUT2D eigenvalue weighted by atomic mass is 16.6. The number of aromatic nitrogens is 2. The topological polar surface area (TPSA) is 160 Å². The minimum atomic E-state index is -1.14. The zero-order valence-corrected chi connectivity index (χ0v) is 24.5. The summed E-state index contributed by atoms with van der Waals surface area (Å²) >= 11 is 0. The van der Waals surface area contributed by atoms with Crippen LogP contribution in [0.15, 0.2) is 36.4 Å². The molecule has 1 aliphatic heterocycles. The number of amides is 3. The molecule has 0 saturated carbocycles. The molecule has 13 heteroatoms. The van der Waals surface area contributed by atoms with Gasteiger partial charge in [0.15, 0.2) is 11.5 Å². The maximum atomic E-state index is 13.5. The van der Waals surface area contributed by atoms with Crippen LogP contribution in [0.2, 0.25) is 0 Å². The van der Waals surface area contributed by atoms with E-state index in [2.05, 4.69) is 10.4 Å². The Morgan fingerprint density at radius 3 is 2.33 bits per heavy atom. The number of hydrogen-bond acceptors (Lipinski definition) is 8. The van der Waals surface area contributed by atoms with Crippen molar-refractivity contribution in [2.45, 2.75) is 53.0 Å². The summed E-state index contributed by atoms with van der Waals surface area (Å²) < 4.78 is 12.2. The summed E-state index contributed by atoms with van der Waals surface area (Å²) in [5, 5.41) is 16.3. The van der Waals surface area contributed by atoms with Crippen LogP contribution in [0, 0.1) is 5.41 Å². The van der Waals surface area contributed by atoms with Crippen LogP contribution in [0.5, 0.6) is 5.88 Å². The van der Waals surface area contributed by atoms with E-state index in [1.54, 1.807) is 52.0 Å². The third-order valence-corrected chi connectivity index (χ3v) is 6.68. The Labute approximate surface area is 244 Å². The number of carboxylic acid groups (broad SMARTS) is 1. The summed E-state index contributed by atoms with van der Waals surface area (Å²) in [6.45, 7) is 8.24. The van der Waals surface area contributed by atoms with Crippen molar-refractivity contribution in [3.8, 4) is 11.6 Å². The molecule has 1 aromatic heterocycles. The van der Waals surface area contributed by atoms with Crippen LogP contribution in [0.25, 0.3) is 5.69 Å². The molecule has 0 aliphatic carbocycles. The summed E-state index contributed by atoms with van der Waals surface area (Å²) in [6, 6.07) is 9.13. The molecule has 3 rings (SSSR count). The number of ketones is 1. The first kappa shape index (κ1) is 32.1. The van der Waals surface area contributed by atoms with E-state index in [9.17, 15) is 29.1 Å². The average Bonchev–Trinajstić information content (AvgIpc) is 3.22. The van der Waals surface area contributed by atoms with Crippen LogP contribution in [-0.2, 0) is 19.1 Å². The fourth-order valence-electron chi connectivity index (χ4n) is 4.20. The fraction of sp³-hybridized carbons (Fsp3) is 0.517. The first-order valence-electron chi connectivity index (χ1n) is 14.0. The Hall–Kier alpha value is -4.42. The summed E-state index contributed by atoms with van der Waals surface area (Å²) in [6.07, 6.45) is -0.444. The maximum Gasteiger partial charge on any atom is 0.409 e. The quantitative estimate of drug-likeness (QED) is 0.404. The average molecular weight is 586 g/mol. The Morgan fingerprint density at radius 1 is 1.02 bits per heavy atom. The monoisotopic (exact) mass is 585 g/mol. The number of carbonyl (C=O) groups is 5. The Balaban J connectivity index is 1.80.